The van der Waals surface area contributed by atoms with Gasteiger partial charge in [0.2, 0.25) is 6.34 Å². The van der Waals surface area contributed by atoms with Crippen LogP contribution in [0.4, 0.5) is 0 Å². The Hall–Kier alpha value is -0.240. The molecule has 0 aromatic rings. The van der Waals surface area contributed by atoms with E-state index in [0.29, 0.717) is 0 Å². The van der Waals surface area contributed by atoms with Crippen LogP contribution in [-0.4, -0.2) is 41.0 Å². The summed E-state index contributed by atoms with van der Waals surface area (Å²) >= 11 is 0. The molecular weight excluding hydrogens is 244 g/mol. The molecule has 0 aromatic carbocycles. The van der Waals surface area contributed by atoms with Crippen molar-refractivity contribution in [2.24, 2.45) is 0 Å². The zero-order valence-electron chi connectivity index (χ0n) is 11.5. The van der Waals surface area contributed by atoms with E-state index in [4.69, 9.17) is 0 Å². The Bertz CT molecular complexity index is 278. The maximum atomic E-state index is 2.66. The SMILES string of the molecule is C1=[N+](C2CCCCC2)CCN1C1CCCCC1.[Cl-]. The normalized spacial score (nSPS) is 26.9. The highest BCUT2D eigenvalue weighted by molar-refractivity contribution is 5.51. The van der Waals surface area contributed by atoms with Crippen LogP contribution < -0.4 is 12.4 Å². The second-order valence-corrected chi connectivity index (χ2v) is 6.17. The fraction of sp³-hybridized carbons (Fsp3) is 0.933. The molecule has 0 amide bonds. The van der Waals surface area contributed by atoms with Crippen molar-refractivity contribution in [1.82, 2.24) is 4.90 Å². The van der Waals surface area contributed by atoms with Crippen LogP contribution >= 0.6 is 0 Å². The van der Waals surface area contributed by atoms with Crippen LogP contribution in [-0.2, 0) is 0 Å². The first-order chi connectivity index (χ1) is 8.43. The minimum absolute atomic E-state index is 0. The van der Waals surface area contributed by atoms with Gasteiger partial charge in [-0.05, 0) is 51.4 Å². The third-order valence-corrected chi connectivity index (χ3v) is 5.00. The molecule has 2 aliphatic carbocycles. The lowest BCUT2D eigenvalue weighted by molar-refractivity contribution is -0.557. The number of hydrogen-bond acceptors (Lipinski definition) is 1. The van der Waals surface area contributed by atoms with Crippen LogP contribution in [0.15, 0.2) is 0 Å². The Labute approximate surface area is 118 Å². The highest BCUT2D eigenvalue weighted by Gasteiger charge is 2.32. The van der Waals surface area contributed by atoms with Crippen molar-refractivity contribution in [1.29, 1.82) is 0 Å². The number of hydrogen-bond donors (Lipinski definition) is 0. The molecule has 0 atom stereocenters. The zero-order valence-corrected chi connectivity index (χ0v) is 12.2. The van der Waals surface area contributed by atoms with Gasteiger partial charge in [-0.25, -0.2) is 0 Å². The summed E-state index contributed by atoms with van der Waals surface area (Å²) in [4.78, 5) is 2.66. The predicted octanol–water partition coefficient (Wildman–Crippen LogP) is 0.0122. The molecule has 0 saturated heterocycles. The van der Waals surface area contributed by atoms with Crippen molar-refractivity contribution >= 4 is 6.34 Å². The Morgan fingerprint density at radius 2 is 1.44 bits per heavy atom. The Morgan fingerprint density at radius 1 is 0.833 bits per heavy atom. The Balaban J connectivity index is 0.00000120. The van der Waals surface area contributed by atoms with Gasteiger partial charge in [0.25, 0.3) is 0 Å². The average molecular weight is 271 g/mol. The maximum Gasteiger partial charge on any atom is 0.234 e. The molecule has 2 nitrogen and oxygen atoms in total. The lowest BCUT2D eigenvalue weighted by Crippen LogP contribution is -3.00. The van der Waals surface area contributed by atoms with Gasteiger partial charge in [0, 0.05) is 0 Å². The van der Waals surface area contributed by atoms with Crippen molar-refractivity contribution in [2.45, 2.75) is 76.3 Å². The van der Waals surface area contributed by atoms with Gasteiger partial charge in [0.1, 0.15) is 13.1 Å². The first-order valence-corrected chi connectivity index (χ1v) is 7.80. The van der Waals surface area contributed by atoms with Gasteiger partial charge < -0.3 is 12.4 Å². The van der Waals surface area contributed by atoms with Crippen molar-refractivity contribution in [2.75, 3.05) is 13.1 Å². The van der Waals surface area contributed by atoms with Crippen LogP contribution in [0, 0.1) is 0 Å². The molecule has 0 spiro atoms. The van der Waals surface area contributed by atoms with E-state index in [9.17, 15) is 0 Å². The lowest BCUT2D eigenvalue weighted by atomic mass is 9.94. The molecular formula is C15H27ClN2. The fourth-order valence-electron chi connectivity index (χ4n) is 3.92. The zero-order chi connectivity index (χ0) is 11.5. The molecule has 0 aromatic heterocycles. The fourth-order valence-corrected chi connectivity index (χ4v) is 3.92. The van der Waals surface area contributed by atoms with Crippen LogP contribution in [0.5, 0.6) is 0 Å². The van der Waals surface area contributed by atoms with E-state index in [0.717, 1.165) is 12.1 Å². The first kappa shape index (κ1) is 14.2. The molecule has 1 aliphatic heterocycles. The second kappa shape index (κ2) is 6.79. The molecule has 2 saturated carbocycles. The molecule has 0 N–H and O–H groups in total. The molecule has 0 unspecified atom stereocenters. The minimum atomic E-state index is 0. The van der Waals surface area contributed by atoms with Crippen LogP contribution in [0.25, 0.3) is 0 Å². The van der Waals surface area contributed by atoms with Gasteiger partial charge in [-0.15, -0.1) is 0 Å². The molecule has 3 aliphatic rings. The highest BCUT2D eigenvalue weighted by Crippen LogP contribution is 2.25. The van der Waals surface area contributed by atoms with E-state index >= 15 is 0 Å². The van der Waals surface area contributed by atoms with E-state index in [1.807, 2.05) is 0 Å². The van der Waals surface area contributed by atoms with Crippen molar-refractivity contribution in [3.05, 3.63) is 0 Å². The largest absolute Gasteiger partial charge is 1.00 e. The topological polar surface area (TPSA) is 6.25 Å². The molecule has 1 heterocycles. The van der Waals surface area contributed by atoms with Gasteiger partial charge in [-0.2, -0.15) is 0 Å². The first-order valence-electron chi connectivity index (χ1n) is 7.80. The van der Waals surface area contributed by atoms with Gasteiger partial charge >= 0.3 is 0 Å². The summed E-state index contributed by atoms with van der Waals surface area (Å²) in [7, 11) is 0. The van der Waals surface area contributed by atoms with Crippen molar-refractivity contribution < 1.29 is 17.0 Å². The molecule has 0 bridgehead atoms. The maximum absolute atomic E-state index is 2.66. The average Bonchev–Trinajstić information content (AvgIpc) is 2.90. The molecule has 2 fully saturated rings. The summed E-state index contributed by atoms with van der Waals surface area (Å²) in [6.45, 7) is 2.59. The molecule has 18 heavy (non-hydrogen) atoms. The van der Waals surface area contributed by atoms with Gasteiger partial charge in [-0.1, -0.05) is 12.8 Å². The Morgan fingerprint density at radius 3 is 2.11 bits per heavy atom. The van der Waals surface area contributed by atoms with Gasteiger partial charge in [-0.3, -0.25) is 9.48 Å². The molecule has 0 radical (unpaired) electrons. The monoisotopic (exact) mass is 270 g/mol. The van der Waals surface area contributed by atoms with E-state index < -0.39 is 0 Å². The van der Waals surface area contributed by atoms with Crippen LogP contribution in [0.3, 0.4) is 0 Å². The van der Waals surface area contributed by atoms with Crippen LogP contribution in [0.2, 0.25) is 0 Å². The van der Waals surface area contributed by atoms with E-state index in [1.165, 1.54) is 77.3 Å². The van der Waals surface area contributed by atoms with E-state index in [-0.39, 0.29) is 12.4 Å². The lowest BCUT2D eigenvalue weighted by Gasteiger charge is -2.24. The third kappa shape index (κ3) is 3.20. The molecule has 104 valence electrons. The number of halogens is 1. The van der Waals surface area contributed by atoms with E-state index in [2.05, 4.69) is 15.8 Å². The third-order valence-electron chi connectivity index (χ3n) is 5.00. The predicted molar refractivity (Wildman–Crippen MR) is 71.6 cm³/mol. The van der Waals surface area contributed by atoms with Gasteiger partial charge in [0.15, 0.2) is 0 Å². The molecule has 3 rings (SSSR count). The summed E-state index contributed by atoms with van der Waals surface area (Å²) in [5, 5.41) is 0. The minimum Gasteiger partial charge on any atom is -1.00 e. The number of rotatable bonds is 2. The highest BCUT2D eigenvalue weighted by atomic mass is 35.5. The summed E-state index contributed by atoms with van der Waals surface area (Å²) < 4.78 is 2.66. The van der Waals surface area contributed by atoms with Gasteiger partial charge in [0.05, 0.1) is 12.1 Å². The van der Waals surface area contributed by atoms with Crippen molar-refractivity contribution in [3.8, 4) is 0 Å². The quantitative estimate of drug-likeness (QED) is 0.641. The molecule has 3 heteroatoms. The standard InChI is InChI=1S/C15H27N2.ClH/c1-3-7-14(8-4-1)16-11-12-17(13-16)15-9-5-2-6-10-15;/h13-15H,1-12H2;1H/q+1;/p-1. The van der Waals surface area contributed by atoms with E-state index in [1.54, 1.807) is 0 Å². The summed E-state index contributed by atoms with van der Waals surface area (Å²) in [5.41, 5.74) is 0. The number of nitrogens with zero attached hydrogens (tertiary/aromatic N) is 2. The summed E-state index contributed by atoms with van der Waals surface area (Å²) in [6, 6.07) is 1.75. The smallest absolute Gasteiger partial charge is 0.234 e. The second-order valence-electron chi connectivity index (χ2n) is 6.17. The Kier molecular flexibility index (Phi) is 5.35. The van der Waals surface area contributed by atoms with Crippen LogP contribution in [0.1, 0.15) is 64.2 Å². The summed E-state index contributed by atoms with van der Waals surface area (Å²) in [5.74, 6) is 0. The summed E-state index contributed by atoms with van der Waals surface area (Å²) in [6.07, 6.45) is 17.0. The van der Waals surface area contributed by atoms with Crippen molar-refractivity contribution in [3.63, 3.8) is 0 Å².